The van der Waals surface area contributed by atoms with Crippen molar-refractivity contribution >= 4 is 17.9 Å². The van der Waals surface area contributed by atoms with Crippen molar-refractivity contribution in [2.75, 3.05) is 5.43 Å². The van der Waals surface area contributed by atoms with Crippen LogP contribution in [-0.2, 0) is 0 Å². The van der Waals surface area contributed by atoms with Crippen LogP contribution in [0.4, 0.5) is 11.6 Å². The van der Waals surface area contributed by atoms with E-state index >= 15 is 0 Å². The molecule has 3 aromatic carbocycles. The van der Waals surface area contributed by atoms with Crippen LogP contribution in [0.15, 0.2) is 88.8 Å². The molecule has 10 nitrogen and oxygen atoms in total. The maximum atomic E-state index is 12.3. The van der Waals surface area contributed by atoms with Gasteiger partial charge in [-0.05, 0) is 29.8 Å². The normalized spacial score (nSPS) is 10.6. The van der Waals surface area contributed by atoms with Crippen molar-refractivity contribution in [1.82, 2.24) is 9.97 Å². The Kier molecular flexibility index (Phi) is 6.37. The number of H-pyrrole nitrogens is 1. The molecule has 1 aromatic heterocycles. The lowest BCUT2D eigenvalue weighted by Gasteiger charge is -2.07. The molecule has 0 saturated heterocycles. The zero-order chi connectivity index (χ0) is 23.9. The number of aromatic nitrogens is 2. The van der Waals surface area contributed by atoms with Gasteiger partial charge in [-0.15, -0.1) is 0 Å². The maximum Gasteiger partial charge on any atom is 0.270 e. The maximum absolute atomic E-state index is 12.3. The lowest BCUT2D eigenvalue weighted by Crippen LogP contribution is -2.16. The van der Waals surface area contributed by atoms with Gasteiger partial charge >= 0.3 is 0 Å². The SMILES string of the molecule is N#Cc1c(-c2ccccc2)nc(NN=Cc2cccc(Oc3ccc([N+](=O)[O-])cc3)c2)[nH]c1=O. The van der Waals surface area contributed by atoms with Crippen LogP contribution in [0.25, 0.3) is 11.3 Å². The molecule has 0 radical (unpaired) electrons. The van der Waals surface area contributed by atoms with Crippen molar-refractivity contribution in [1.29, 1.82) is 5.26 Å². The van der Waals surface area contributed by atoms with E-state index in [4.69, 9.17) is 4.74 Å². The Hall–Kier alpha value is -5.30. The molecule has 2 N–H and O–H groups in total. The molecule has 0 amide bonds. The number of nitro groups is 1. The number of rotatable bonds is 7. The number of non-ortho nitro benzene ring substituents is 1. The van der Waals surface area contributed by atoms with Crippen molar-refractivity contribution < 1.29 is 9.66 Å². The fourth-order valence-corrected chi connectivity index (χ4v) is 3.03. The molecule has 0 unspecified atom stereocenters. The van der Waals surface area contributed by atoms with E-state index in [1.807, 2.05) is 12.1 Å². The zero-order valence-corrected chi connectivity index (χ0v) is 17.5. The number of nitrogens with one attached hydrogen (secondary N) is 2. The smallest absolute Gasteiger partial charge is 0.270 e. The number of hydrogen-bond donors (Lipinski definition) is 2. The van der Waals surface area contributed by atoms with Gasteiger partial charge in [0.05, 0.1) is 16.8 Å². The van der Waals surface area contributed by atoms with Gasteiger partial charge in [-0.25, -0.2) is 10.4 Å². The Balaban J connectivity index is 1.50. The van der Waals surface area contributed by atoms with Gasteiger partial charge in [0.25, 0.3) is 11.2 Å². The Labute approximate surface area is 193 Å². The van der Waals surface area contributed by atoms with E-state index in [-0.39, 0.29) is 22.9 Å². The number of aromatic amines is 1. The molecular formula is C24H16N6O4. The standard InChI is InChI=1S/C24H16N6O4/c25-14-21-22(17-6-2-1-3-7-17)27-24(28-23(21)31)29-26-15-16-5-4-8-20(13-16)34-19-11-9-18(10-12-19)30(32)33/h1-13,15H,(H2,27,28,29,31). The van der Waals surface area contributed by atoms with Crippen molar-refractivity contribution in [2.45, 2.75) is 0 Å². The molecule has 34 heavy (non-hydrogen) atoms. The molecule has 4 aromatic rings. The lowest BCUT2D eigenvalue weighted by atomic mass is 10.1. The summed E-state index contributed by atoms with van der Waals surface area (Å²) in [4.78, 5) is 29.4. The van der Waals surface area contributed by atoms with Crippen LogP contribution in [-0.4, -0.2) is 21.1 Å². The van der Waals surface area contributed by atoms with Gasteiger partial charge in [-0.1, -0.05) is 42.5 Å². The molecule has 0 aliphatic rings. The largest absolute Gasteiger partial charge is 0.457 e. The first-order valence-electron chi connectivity index (χ1n) is 9.95. The molecule has 0 bridgehead atoms. The number of nitrogens with zero attached hydrogens (tertiary/aromatic N) is 4. The quantitative estimate of drug-likeness (QED) is 0.239. The summed E-state index contributed by atoms with van der Waals surface area (Å²) >= 11 is 0. The highest BCUT2D eigenvalue weighted by molar-refractivity contribution is 5.80. The summed E-state index contributed by atoms with van der Waals surface area (Å²) in [5.41, 5.74) is 3.56. The fourth-order valence-electron chi connectivity index (χ4n) is 3.03. The predicted octanol–water partition coefficient (Wildman–Crippen LogP) is 4.46. The van der Waals surface area contributed by atoms with E-state index in [1.165, 1.54) is 30.5 Å². The van der Waals surface area contributed by atoms with Crippen LogP contribution < -0.4 is 15.7 Å². The Morgan fingerprint density at radius 1 is 1.06 bits per heavy atom. The van der Waals surface area contributed by atoms with Gasteiger partial charge in [0.15, 0.2) is 0 Å². The topological polar surface area (TPSA) is 146 Å². The first-order chi connectivity index (χ1) is 16.5. The van der Waals surface area contributed by atoms with E-state index in [1.54, 1.807) is 48.5 Å². The summed E-state index contributed by atoms with van der Waals surface area (Å²) in [5, 5.41) is 24.2. The second kappa shape index (κ2) is 9.88. The van der Waals surface area contributed by atoms with Crippen molar-refractivity contribution in [3.05, 3.63) is 110 Å². The van der Waals surface area contributed by atoms with Crippen LogP contribution in [0.2, 0.25) is 0 Å². The van der Waals surface area contributed by atoms with Gasteiger partial charge in [0.1, 0.15) is 23.1 Å². The summed E-state index contributed by atoms with van der Waals surface area (Å²) in [7, 11) is 0. The number of nitriles is 1. The number of hydrazone groups is 1. The minimum Gasteiger partial charge on any atom is -0.457 e. The van der Waals surface area contributed by atoms with Gasteiger partial charge in [-0.3, -0.25) is 19.9 Å². The molecule has 0 spiro atoms. The average molecular weight is 452 g/mol. The summed E-state index contributed by atoms with van der Waals surface area (Å²) < 4.78 is 5.73. The number of benzene rings is 3. The van der Waals surface area contributed by atoms with Gasteiger partial charge in [0, 0.05) is 17.7 Å². The predicted molar refractivity (Wildman–Crippen MR) is 126 cm³/mol. The molecular weight excluding hydrogens is 436 g/mol. The molecule has 0 aliphatic heterocycles. The Morgan fingerprint density at radius 3 is 2.53 bits per heavy atom. The summed E-state index contributed by atoms with van der Waals surface area (Å²) in [6.45, 7) is 0. The minimum atomic E-state index is -0.576. The zero-order valence-electron chi connectivity index (χ0n) is 17.5. The van der Waals surface area contributed by atoms with Crippen molar-refractivity contribution in [3.63, 3.8) is 0 Å². The summed E-state index contributed by atoms with van der Waals surface area (Å²) in [5.74, 6) is 1.04. The van der Waals surface area contributed by atoms with Crippen LogP contribution in [0.5, 0.6) is 11.5 Å². The van der Waals surface area contributed by atoms with Crippen molar-refractivity contribution in [3.8, 4) is 28.8 Å². The number of anilines is 1. The van der Waals surface area contributed by atoms with E-state index in [9.17, 15) is 20.2 Å². The third kappa shape index (κ3) is 5.12. The molecule has 0 aliphatic carbocycles. The Bertz CT molecular complexity index is 1460. The highest BCUT2D eigenvalue weighted by atomic mass is 16.6. The van der Waals surface area contributed by atoms with E-state index < -0.39 is 10.5 Å². The highest BCUT2D eigenvalue weighted by Crippen LogP contribution is 2.24. The van der Waals surface area contributed by atoms with Crippen LogP contribution in [0, 0.1) is 21.4 Å². The van der Waals surface area contributed by atoms with Crippen molar-refractivity contribution in [2.24, 2.45) is 5.10 Å². The van der Waals surface area contributed by atoms with Gasteiger partial charge < -0.3 is 4.74 Å². The van der Waals surface area contributed by atoms with E-state index in [0.29, 0.717) is 22.6 Å². The molecule has 0 atom stereocenters. The third-order valence-corrected chi connectivity index (χ3v) is 4.60. The first kappa shape index (κ1) is 21.9. The second-order valence-electron chi connectivity index (χ2n) is 6.91. The third-order valence-electron chi connectivity index (χ3n) is 4.60. The summed E-state index contributed by atoms with van der Waals surface area (Å²) in [6, 6.07) is 23.5. The van der Waals surface area contributed by atoms with Crippen LogP contribution >= 0.6 is 0 Å². The molecule has 166 valence electrons. The first-order valence-corrected chi connectivity index (χ1v) is 9.95. The van der Waals surface area contributed by atoms with Crippen LogP contribution in [0.3, 0.4) is 0 Å². The molecule has 10 heteroatoms. The highest BCUT2D eigenvalue weighted by Gasteiger charge is 2.12. The number of ether oxygens (including phenoxy) is 1. The van der Waals surface area contributed by atoms with E-state index in [0.717, 1.165) is 0 Å². The molecule has 0 saturated carbocycles. The number of nitro benzene ring substituents is 1. The second-order valence-corrected chi connectivity index (χ2v) is 6.91. The van der Waals surface area contributed by atoms with E-state index in [2.05, 4.69) is 20.5 Å². The van der Waals surface area contributed by atoms with Gasteiger partial charge in [-0.2, -0.15) is 10.4 Å². The van der Waals surface area contributed by atoms with Gasteiger partial charge in [0.2, 0.25) is 5.95 Å². The fraction of sp³-hybridized carbons (Fsp3) is 0. The summed E-state index contributed by atoms with van der Waals surface area (Å²) in [6.07, 6.45) is 1.50. The monoisotopic (exact) mass is 452 g/mol. The minimum absolute atomic E-state index is 0.0239. The molecule has 1 heterocycles. The number of hydrogen-bond acceptors (Lipinski definition) is 8. The lowest BCUT2D eigenvalue weighted by molar-refractivity contribution is -0.384. The Morgan fingerprint density at radius 2 is 1.82 bits per heavy atom. The molecule has 4 rings (SSSR count). The average Bonchev–Trinajstić information content (AvgIpc) is 2.85. The molecule has 0 fully saturated rings. The van der Waals surface area contributed by atoms with Crippen LogP contribution in [0.1, 0.15) is 11.1 Å².